The average Bonchev–Trinajstić information content (AvgIpc) is 2.80. The number of rotatable bonds is 1. The molecule has 0 bridgehead atoms. The third kappa shape index (κ3) is 3.12. The molecule has 1 spiro atoms. The van der Waals surface area contributed by atoms with Gasteiger partial charge in [0.25, 0.3) is 0 Å². The topological polar surface area (TPSA) is 38.8 Å². The van der Waals surface area contributed by atoms with Crippen LogP contribution in [-0.4, -0.2) is 23.7 Å². The van der Waals surface area contributed by atoms with E-state index in [1.165, 1.54) is 11.3 Å². The maximum Gasteiger partial charge on any atom is 0.514 e. The van der Waals surface area contributed by atoms with E-state index in [0.717, 1.165) is 10.5 Å². The van der Waals surface area contributed by atoms with Crippen LogP contribution in [0.1, 0.15) is 45.7 Å². The Labute approximate surface area is 176 Å². The quantitative estimate of drug-likeness (QED) is 0.411. The van der Waals surface area contributed by atoms with Gasteiger partial charge in [0.15, 0.2) is 0 Å². The molecule has 0 saturated heterocycles. The molecule has 5 heteroatoms. The van der Waals surface area contributed by atoms with Gasteiger partial charge in [-0.2, -0.15) is 0 Å². The summed E-state index contributed by atoms with van der Waals surface area (Å²) in [5.41, 5.74) is 2.84. The van der Waals surface area contributed by atoms with E-state index in [9.17, 15) is 4.79 Å². The summed E-state index contributed by atoms with van der Waals surface area (Å²) in [6.07, 6.45) is 3.73. The number of thioether (sulfide) groups is 1. The van der Waals surface area contributed by atoms with Gasteiger partial charge in [-0.15, -0.1) is 0 Å². The standard InChI is InChI=1S/C24H27NO3S/c1-22(2,3)28-21(26)27-19-13-9-10-16-14-15-24(29-20(16)19)23(4,5)17-11-7-8-12-18(17)25(24)6/h7-15H,1-6H3. The van der Waals surface area contributed by atoms with E-state index in [1.807, 2.05) is 39.0 Å². The lowest BCUT2D eigenvalue weighted by Crippen LogP contribution is -2.50. The lowest BCUT2D eigenvalue weighted by molar-refractivity contribution is 0.0201. The van der Waals surface area contributed by atoms with E-state index in [0.29, 0.717) is 5.75 Å². The molecule has 0 N–H and O–H groups in total. The first kappa shape index (κ1) is 19.9. The van der Waals surface area contributed by atoms with Crippen molar-refractivity contribution in [2.45, 2.75) is 55.4 Å². The average molecular weight is 410 g/mol. The molecule has 0 saturated carbocycles. The number of benzene rings is 2. The summed E-state index contributed by atoms with van der Waals surface area (Å²) in [5.74, 6) is 0.533. The molecule has 0 fully saturated rings. The van der Waals surface area contributed by atoms with Gasteiger partial charge >= 0.3 is 6.16 Å². The third-order valence-corrected chi connectivity index (χ3v) is 7.54. The van der Waals surface area contributed by atoms with E-state index in [-0.39, 0.29) is 10.3 Å². The molecular weight excluding hydrogens is 382 g/mol. The van der Waals surface area contributed by atoms with Crippen LogP contribution >= 0.6 is 11.8 Å². The highest BCUT2D eigenvalue weighted by molar-refractivity contribution is 8.01. The van der Waals surface area contributed by atoms with Crippen LogP contribution in [0.15, 0.2) is 53.4 Å². The molecule has 29 heavy (non-hydrogen) atoms. The number of nitrogens with zero attached hydrogens (tertiary/aromatic N) is 1. The summed E-state index contributed by atoms with van der Waals surface area (Å²) in [4.78, 5) is 15.3. The van der Waals surface area contributed by atoms with Crippen LogP contribution in [0.4, 0.5) is 10.5 Å². The van der Waals surface area contributed by atoms with Gasteiger partial charge in [-0.05, 0) is 50.1 Å². The van der Waals surface area contributed by atoms with Crippen LogP contribution in [0, 0.1) is 0 Å². The monoisotopic (exact) mass is 409 g/mol. The second-order valence-corrected chi connectivity index (χ2v) is 10.3. The van der Waals surface area contributed by atoms with Crippen molar-refractivity contribution in [1.82, 2.24) is 0 Å². The van der Waals surface area contributed by atoms with Crippen LogP contribution in [0.2, 0.25) is 0 Å². The summed E-state index contributed by atoms with van der Waals surface area (Å²) in [5, 5.41) is 0. The number of hydrogen-bond acceptors (Lipinski definition) is 5. The fourth-order valence-electron chi connectivity index (χ4n) is 4.21. The molecule has 0 aliphatic carbocycles. The normalized spacial score (nSPS) is 21.7. The molecule has 0 radical (unpaired) electrons. The summed E-state index contributed by atoms with van der Waals surface area (Å²) in [7, 11) is 2.13. The molecule has 0 amide bonds. The number of carbonyl (C=O) groups is 1. The smallest absolute Gasteiger partial charge is 0.428 e. The Hall–Kier alpha value is -2.40. The molecule has 2 aromatic rings. The van der Waals surface area contributed by atoms with Crippen molar-refractivity contribution in [1.29, 1.82) is 0 Å². The number of carbonyl (C=O) groups excluding carboxylic acids is 1. The Morgan fingerprint density at radius 3 is 2.48 bits per heavy atom. The minimum atomic E-state index is -0.683. The van der Waals surface area contributed by atoms with Gasteiger partial charge in [0.2, 0.25) is 0 Å². The van der Waals surface area contributed by atoms with E-state index in [2.05, 4.69) is 62.2 Å². The van der Waals surface area contributed by atoms with Gasteiger partial charge in [-0.3, -0.25) is 0 Å². The van der Waals surface area contributed by atoms with Crippen LogP contribution in [-0.2, 0) is 10.2 Å². The number of hydrogen-bond donors (Lipinski definition) is 0. The number of fused-ring (bicyclic) bond motifs is 2. The van der Waals surface area contributed by atoms with Crippen molar-refractivity contribution in [3.05, 3.63) is 59.7 Å². The number of anilines is 1. The molecule has 152 valence electrons. The zero-order chi connectivity index (χ0) is 21.0. The SMILES string of the molecule is CN1c2ccccc2C(C)(C)C12C=Cc1cccc(OC(=O)OC(C)(C)C)c1S2. The fraction of sp³-hybridized carbons (Fsp3) is 0.375. The van der Waals surface area contributed by atoms with E-state index >= 15 is 0 Å². The lowest BCUT2D eigenvalue weighted by Gasteiger charge is -2.45. The minimum absolute atomic E-state index is 0.143. The van der Waals surface area contributed by atoms with Crippen molar-refractivity contribution >= 4 is 29.7 Å². The maximum atomic E-state index is 12.3. The van der Waals surface area contributed by atoms with Crippen LogP contribution < -0.4 is 9.64 Å². The highest BCUT2D eigenvalue weighted by Crippen LogP contribution is 2.61. The van der Waals surface area contributed by atoms with Crippen molar-refractivity contribution < 1.29 is 14.3 Å². The van der Waals surface area contributed by atoms with Gasteiger partial charge in [0, 0.05) is 18.2 Å². The Kier molecular flexibility index (Phi) is 4.50. The van der Waals surface area contributed by atoms with Gasteiger partial charge < -0.3 is 14.4 Å². The Morgan fingerprint density at radius 1 is 1.07 bits per heavy atom. The zero-order valence-electron chi connectivity index (χ0n) is 17.8. The molecule has 1 atom stereocenters. The Morgan fingerprint density at radius 2 is 1.79 bits per heavy atom. The highest BCUT2D eigenvalue weighted by atomic mass is 32.2. The van der Waals surface area contributed by atoms with Gasteiger partial charge in [0.1, 0.15) is 16.2 Å². The van der Waals surface area contributed by atoms with Gasteiger partial charge in [0.05, 0.1) is 4.90 Å². The van der Waals surface area contributed by atoms with E-state index in [1.54, 1.807) is 11.8 Å². The van der Waals surface area contributed by atoms with E-state index in [4.69, 9.17) is 9.47 Å². The van der Waals surface area contributed by atoms with Crippen molar-refractivity contribution in [3.8, 4) is 5.75 Å². The van der Waals surface area contributed by atoms with Crippen LogP contribution in [0.5, 0.6) is 5.75 Å². The summed E-state index contributed by atoms with van der Waals surface area (Å²) in [6.45, 7) is 10.0. The molecule has 2 heterocycles. The predicted molar refractivity (Wildman–Crippen MR) is 119 cm³/mol. The first-order valence-corrected chi connectivity index (χ1v) is 10.6. The zero-order valence-corrected chi connectivity index (χ0v) is 18.6. The van der Waals surface area contributed by atoms with E-state index < -0.39 is 11.8 Å². The van der Waals surface area contributed by atoms with Crippen LogP contribution in [0.3, 0.4) is 0 Å². The summed E-state index contributed by atoms with van der Waals surface area (Å²) < 4.78 is 11.0. The molecular formula is C24H27NO3S. The first-order chi connectivity index (χ1) is 13.6. The van der Waals surface area contributed by atoms with Crippen molar-refractivity contribution in [3.63, 3.8) is 0 Å². The minimum Gasteiger partial charge on any atom is -0.428 e. The molecule has 2 aliphatic heterocycles. The maximum absolute atomic E-state index is 12.3. The number of likely N-dealkylation sites (N-methyl/N-ethyl adjacent to an activating group) is 1. The summed E-state index contributed by atoms with van der Waals surface area (Å²) in [6, 6.07) is 14.3. The second kappa shape index (κ2) is 6.56. The largest absolute Gasteiger partial charge is 0.514 e. The third-order valence-electron chi connectivity index (χ3n) is 5.67. The molecule has 1 unspecified atom stereocenters. The second-order valence-electron chi connectivity index (χ2n) is 9.07. The molecule has 2 aromatic carbocycles. The van der Waals surface area contributed by atoms with Crippen molar-refractivity contribution in [2.75, 3.05) is 11.9 Å². The van der Waals surface area contributed by atoms with Crippen LogP contribution in [0.25, 0.3) is 6.08 Å². The van der Waals surface area contributed by atoms with Crippen molar-refractivity contribution in [2.24, 2.45) is 0 Å². The number of ether oxygens (including phenoxy) is 2. The van der Waals surface area contributed by atoms with Gasteiger partial charge in [-0.25, -0.2) is 4.79 Å². The Bertz CT molecular complexity index is 1010. The fourth-order valence-corrected chi connectivity index (χ4v) is 5.72. The number of para-hydroxylation sites is 1. The highest BCUT2D eigenvalue weighted by Gasteiger charge is 2.56. The Balaban J connectivity index is 1.73. The summed E-state index contributed by atoms with van der Waals surface area (Å²) >= 11 is 1.73. The molecule has 0 aromatic heterocycles. The molecule has 2 aliphatic rings. The lowest BCUT2D eigenvalue weighted by atomic mass is 9.79. The predicted octanol–water partition coefficient (Wildman–Crippen LogP) is 6.24. The molecule has 4 nitrogen and oxygen atoms in total. The molecule has 4 rings (SSSR count). The first-order valence-electron chi connectivity index (χ1n) is 9.81. The van der Waals surface area contributed by atoms with Gasteiger partial charge in [-0.1, -0.05) is 62.0 Å².